The van der Waals surface area contributed by atoms with Gasteiger partial charge in [0.2, 0.25) is 0 Å². The van der Waals surface area contributed by atoms with Crippen LogP contribution in [0.3, 0.4) is 0 Å². The fourth-order valence-electron chi connectivity index (χ4n) is 4.14. The standard InChI is InChI=1S/C26H18F3N/c1-17-11-12-20-16-22(26(27,28)29)24(21(20)15-17)25(19-8-3-2-4-9-19)30-14-13-18-7-5-6-10-23(18)30/h2-16H,1H3. The molecule has 0 saturated carbocycles. The Labute approximate surface area is 172 Å². The molecule has 0 N–H and O–H groups in total. The number of fused-ring (bicyclic) bond motifs is 2. The summed E-state index contributed by atoms with van der Waals surface area (Å²) in [5.41, 5.74) is 3.86. The maximum atomic E-state index is 14.2. The number of allylic oxidation sites excluding steroid dienone is 2. The number of alkyl halides is 3. The van der Waals surface area contributed by atoms with Crippen LogP contribution in [0.15, 0.2) is 90.6 Å². The number of halogens is 3. The number of nitrogens with zero attached hydrogens (tertiary/aromatic N) is 1. The fourth-order valence-corrected chi connectivity index (χ4v) is 4.14. The zero-order valence-corrected chi connectivity index (χ0v) is 16.2. The molecule has 1 heterocycles. The smallest absolute Gasteiger partial charge is 0.315 e. The molecule has 0 saturated heterocycles. The molecular weight excluding hydrogens is 383 g/mol. The highest BCUT2D eigenvalue weighted by atomic mass is 19.4. The Morgan fingerprint density at radius 2 is 1.57 bits per heavy atom. The third-order valence-corrected chi connectivity index (χ3v) is 5.48. The average Bonchev–Trinajstić information content (AvgIpc) is 3.32. The number of aromatic nitrogens is 1. The predicted molar refractivity (Wildman–Crippen MR) is 116 cm³/mol. The van der Waals surface area contributed by atoms with Crippen molar-refractivity contribution in [2.24, 2.45) is 0 Å². The summed E-state index contributed by atoms with van der Waals surface area (Å²) >= 11 is 0. The van der Waals surface area contributed by atoms with E-state index in [2.05, 4.69) is 0 Å². The lowest BCUT2D eigenvalue weighted by Crippen LogP contribution is -2.14. The van der Waals surface area contributed by atoms with Crippen molar-refractivity contribution in [1.29, 1.82) is 0 Å². The molecule has 3 aromatic carbocycles. The van der Waals surface area contributed by atoms with Crippen molar-refractivity contribution < 1.29 is 13.2 Å². The molecule has 1 aliphatic rings. The molecule has 1 nitrogen and oxygen atoms in total. The van der Waals surface area contributed by atoms with Gasteiger partial charge in [0, 0.05) is 11.8 Å². The van der Waals surface area contributed by atoms with E-state index >= 15 is 0 Å². The van der Waals surface area contributed by atoms with Gasteiger partial charge in [-0.15, -0.1) is 0 Å². The lowest BCUT2D eigenvalue weighted by atomic mass is 9.95. The molecule has 0 bridgehead atoms. The Morgan fingerprint density at radius 3 is 2.33 bits per heavy atom. The molecule has 0 fully saturated rings. The van der Waals surface area contributed by atoms with E-state index in [9.17, 15) is 13.2 Å². The average molecular weight is 401 g/mol. The van der Waals surface area contributed by atoms with Crippen molar-refractivity contribution >= 4 is 28.2 Å². The van der Waals surface area contributed by atoms with Crippen molar-refractivity contribution in [3.05, 3.63) is 113 Å². The van der Waals surface area contributed by atoms with E-state index in [-0.39, 0.29) is 5.57 Å². The molecule has 0 unspecified atom stereocenters. The first-order valence-corrected chi connectivity index (χ1v) is 9.70. The second kappa shape index (κ2) is 6.77. The summed E-state index contributed by atoms with van der Waals surface area (Å²) in [4.78, 5) is 0. The van der Waals surface area contributed by atoms with Crippen LogP contribution in [0.5, 0.6) is 0 Å². The summed E-state index contributed by atoms with van der Waals surface area (Å²) in [5.74, 6) is 0. The van der Waals surface area contributed by atoms with Gasteiger partial charge in [-0.1, -0.05) is 72.3 Å². The topological polar surface area (TPSA) is 4.93 Å². The zero-order valence-electron chi connectivity index (χ0n) is 16.2. The highest BCUT2D eigenvalue weighted by Crippen LogP contribution is 2.48. The van der Waals surface area contributed by atoms with Gasteiger partial charge in [0.25, 0.3) is 0 Å². The molecule has 0 amide bonds. The summed E-state index contributed by atoms with van der Waals surface area (Å²) in [6.07, 6.45) is -1.36. The molecule has 0 radical (unpaired) electrons. The Bertz CT molecular complexity index is 1320. The van der Waals surface area contributed by atoms with Gasteiger partial charge in [-0.3, -0.25) is 0 Å². The van der Waals surface area contributed by atoms with Crippen molar-refractivity contribution in [3.8, 4) is 0 Å². The van der Waals surface area contributed by atoms with Crippen molar-refractivity contribution in [1.82, 2.24) is 4.57 Å². The molecule has 0 atom stereocenters. The first-order chi connectivity index (χ1) is 14.4. The Balaban J connectivity index is 1.93. The maximum absolute atomic E-state index is 14.2. The minimum Gasteiger partial charge on any atom is -0.315 e. The monoisotopic (exact) mass is 401 g/mol. The second-order valence-electron chi connectivity index (χ2n) is 7.48. The number of hydrogen-bond donors (Lipinski definition) is 0. The minimum absolute atomic E-state index is 0.216. The Kier molecular flexibility index (Phi) is 4.17. The summed E-state index contributed by atoms with van der Waals surface area (Å²) in [6.45, 7) is 1.90. The first-order valence-electron chi connectivity index (χ1n) is 9.70. The van der Waals surface area contributed by atoms with Crippen LogP contribution in [-0.4, -0.2) is 10.7 Å². The van der Waals surface area contributed by atoms with Gasteiger partial charge in [0.05, 0.1) is 16.8 Å². The van der Waals surface area contributed by atoms with E-state index in [1.54, 1.807) is 6.07 Å². The van der Waals surface area contributed by atoms with Gasteiger partial charge in [0.1, 0.15) is 0 Å². The summed E-state index contributed by atoms with van der Waals surface area (Å²) in [5, 5.41) is 0.978. The molecule has 0 spiro atoms. The van der Waals surface area contributed by atoms with E-state index in [4.69, 9.17) is 0 Å². The number of para-hydroxylation sites is 1. The van der Waals surface area contributed by atoms with Crippen LogP contribution in [-0.2, 0) is 0 Å². The first kappa shape index (κ1) is 18.5. The second-order valence-corrected chi connectivity index (χ2v) is 7.48. The van der Waals surface area contributed by atoms with Crippen molar-refractivity contribution in [2.75, 3.05) is 0 Å². The van der Waals surface area contributed by atoms with Gasteiger partial charge in [-0.25, -0.2) is 0 Å². The van der Waals surface area contributed by atoms with Gasteiger partial charge in [0.15, 0.2) is 0 Å². The van der Waals surface area contributed by atoms with Crippen LogP contribution in [0, 0.1) is 6.92 Å². The van der Waals surface area contributed by atoms with Crippen LogP contribution in [0.2, 0.25) is 0 Å². The molecule has 1 aliphatic carbocycles. The van der Waals surface area contributed by atoms with E-state index in [0.29, 0.717) is 16.8 Å². The fraction of sp³-hybridized carbons (Fsp3) is 0.0769. The molecule has 1 aromatic heterocycles. The number of aryl methyl sites for hydroxylation is 1. The number of rotatable bonds is 2. The van der Waals surface area contributed by atoms with E-state index in [1.165, 1.54) is 6.08 Å². The predicted octanol–water partition coefficient (Wildman–Crippen LogP) is 7.33. The zero-order chi connectivity index (χ0) is 20.9. The molecule has 4 aromatic rings. The van der Waals surface area contributed by atoms with Crippen molar-refractivity contribution in [2.45, 2.75) is 13.1 Å². The lowest BCUT2D eigenvalue weighted by Gasteiger charge is -2.20. The van der Waals surface area contributed by atoms with Gasteiger partial charge in [-0.05, 0) is 47.2 Å². The SMILES string of the molecule is Cc1ccc2c(c1)C(=C(c1ccccc1)n1ccc3ccccc31)C(C(F)(F)F)=C2. The molecule has 30 heavy (non-hydrogen) atoms. The van der Waals surface area contributed by atoms with Crippen LogP contribution in [0.1, 0.15) is 22.3 Å². The summed E-state index contributed by atoms with van der Waals surface area (Å²) in [7, 11) is 0. The number of hydrogen-bond acceptors (Lipinski definition) is 0. The highest BCUT2D eigenvalue weighted by Gasteiger charge is 2.41. The van der Waals surface area contributed by atoms with E-state index < -0.39 is 11.7 Å². The van der Waals surface area contributed by atoms with Crippen LogP contribution in [0.4, 0.5) is 13.2 Å². The summed E-state index contributed by atoms with van der Waals surface area (Å²) in [6, 6.07) is 24.4. The highest BCUT2D eigenvalue weighted by molar-refractivity contribution is 6.08. The van der Waals surface area contributed by atoms with Crippen molar-refractivity contribution in [3.63, 3.8) is 0 Å². The minimum atomic E-state index is -4.47. The van der Waals surface area contributed by atoms with Crippen LogP contribution < -0.4 is 0 Å². The third kappa shape index (κ3) is 2.96. The molecule has 0 aliphatic heterocycles. The van der Waals surface area contributed by atoms with E-state index in [1.807, 2.05) is 90.5 Å². The molecule has 148 valence electrons. The Morgan fingerprint density at radius 1 is 0.833 bits per heavy atom. The molecule has 5 rings (SSSR count). The van der Waals surface area contributed by atoms with Crippen LogP contribution >= 0.6 is 0 Å². The quantitative estimate of drug-likeness (QED) is 0.331. The van der Waals surface area contributed by atoms with Crippen LogP contribution in [0.25, 0.3) is 28.2 Å². The van der Waals surface area contributed by atoms with Gasteiger partial charge >= 0.3 is 6.18 Å². The maximum Gasteiger partial charge on any atom is 0.417 e. The normalized spacial score (nSPS) is 15.3. The lowest BCUT2D eigenvalue weighted by molar-refractivity contribution is -0.0859. The van der Waals surface area contributed by atoms with Gasteiger partial charge in [-0.2, -0.15) is 13.2 Å². The molecular formula is C26H18F3N. The van der Waals surface area contributed by atoms with E-state index in [0.717, 1.165) is 22.0 Å². The Hall–Kier alpha value is -3.53. The summed E-state index contributed by atoms with van der Waals surface area (Å²) < 4.78 is 44.5. The number of benzene rings is 3. The largest absolute Gasteiger partial charge is 0.417 e. The third-order valence-electron chi connectivity index (χ3n) is 5.48. The van der Waals surface area contributed by atoms with Gasteiger partial charge < -0.3 is 4.57 Å². The molecule has 4 heteroatoms.